The highest BCUT2D eigenvalue weighted by Crippen LogP contribution is 2.40. The fourth-order valence-electron chi connectivity index (χ4n) is 10.9. The van der Waals surface area contributed by atoms with Crippen LogP contribution in [0.2, 0.25) is 0 Å². The van der Waals surface area contributed by atoms with E-state index in [2.05, 4.69) is 10.6 Å². The summed E-state index contributed by atoms with van der Waals surface area (Å²) in [4.78, 5) is 74.9. The number of carboxylic acid groups (broad SMARTS) is 1. The lowest BCUT2D eigenvalue weighted by molar-refractivity contribution is -0.695. The molecule has 0 bridgehead atoms. The zero-order chi connectivity index (χ0) is 57.2. The van der Waals surface area contributed by atoms with Gasteiger partial charge in [0.1, 0.15) is 35.4 Å². The van der Waals surface area contributed by atoms with Gasteiger partial charge in [0, 0.05) is 18.4 Å². The summed E-state index contributed by atoms with van der Waals surface area (Å²) in [5.41, 5.74) is 2.91. The van der Waals surface area contributed by atoms with Gasteiger partial charge in [0.25, 0.3) is 0 Å². The van der Waals surface area contributed by atoms with Crippen molar-refractivity contribution in [2.75, 3.05) is 13.2 Å². The molecule has 0 radical (unpaired) electrons. The summed E-state index contributed by atoms with van der Waals surface area (Å²) < 4.78 is 52.3. The van der Waals surface area contributed by atoms with Gasteiger partial charge in [0.2, 0.25) is 5.91 Å². The normalized spacial score (nSPS) is 21.8. The van der Waals surface area contributed by atoms with Gasteiger partial charge in [-0.05, 0) is 115 Å². The lowest BCUT2D eigenvalue weighted by Crippen LogP contribution is -2.93. The van der Waals surface area contributed by atoms with Gasteiger partial charge in [0.15, 0.2) is 6.04 Å². The molecule has 3 aromatic carbocycles. The highest BCUT2D eigenvalue weighted by molar-refractivity contribution is 7.85. The molecule has 10 atom stereocenters. The summed E-state index contributed by atoms with van der Waals surface area (Å²) in [6, 6.07) is 24.3. The Morgan fingerprint density at radius 3 is 1.77 bits per heavy atom. The molecule has 1 amide bonds. The lowest BCUT2D eigenvalue weighted by Gasteiger charge is -2.35. The minimum Gasteiger partial charge on any atom is -0.744 e. The molecule has 0 aromatic heterocycles. The van der Waals surface area contributed by atoms with Crippen molar-refractivity contribution in [3.05, 3.63) is 102 Å². The quantitative estimate of drug-likeness (QED) is 0.0517. The number of carbonyl (C=O) groups is 6. The third kappa shape index (κ3) is 21.2. The van der Waals surface area contributed by atoms with Crippen LogP contribution < -0.4 is 10.6 Å². The summed E-state index contributed by atoms with van der Waals surface area (Å²) >= 11 is 0. The second kappa shape index (κ2) is 33.7. The molecule has 2 heterocycles. The summed E-state index contributed by atoms with van der Waals surface area (Å²) in [7, 11) is -4.27. The maximum Gasteiger partial charge on any atom is 0.365 e. The van der Waals surface area contributed by atoms with Gasteiger partial charge >= 0.3 is 29.8 Å². The number of fused-ring (bicyclic) bond motifs is 2. The zero-order valence-corrected chi connectivity index (χ0v) is 47.8. The SMILES string of the molecule is CCC[C@H](C[C@@H](C)C(=O)O)C(=O)OCC.CCC[C@H](N[C@@H](C)C(=O)N1[C@H](C(=O)OCc2ccccc2)C[C@@H]2CCCC[C@@H]21)C(=O)OCC.Cc1ccc(S(=O)(=O)[O-])cc1.O=C(OCc1ccccc1)[C@@H]1C[C@@H]2CCCC[C@@H]2[NH2+]1. The Morgan fingerprint density at radius 1 is 0.692 bits per heavy atom. The lowest BCUT2D eigenvalue weighted by atomic mass is 9.84. The van der Waals surface area contributed by atoms with Crippen molar-refractivity contribution in [2.45, 2.75) is 199 Å². The highest BCUT2D eigenvalue weighted by Gasteiger charge is 2.49. The third-order valence-electron chi connectivity index (χ3n) is 15.0. The second-order valence-electron chi connectivity index (χ2n) is 21.0. The number of esters is 4. The highest BCUT2D eigenvalue weighted by atomic mass is 32.2. The first kappa shape index (κ1) is 64.8. The summed E-state index contributed by atoms with van der Waals surface area (Å²) in [6.45, 7) is 13.9. The number of likely N-dealkylation sites (tertiary alicyclic amines) is 1. The topological polar surface area (TPSA) is 249 Å². The molecule has 2 aliphatic heterocycles. The largest absolute Gasteiger partial charge is 0.744 e. The van der Waals surface area contributed by atoms with E-state index in [1.165, 1.54) is 37.8 Å². The molecule has 7 rings (SSSR count). The Hall–Kier alpha value is -5.69. The second-order valence-corrected chi connectivity index (χ2v) is 22.4. The standard InChI is InChI=1S/C26H38N2O5.C16H21NO2.C11H20O4.C7H8O3S/c1-4-11-21(25(30)32-5-2)27-18(3)24(29)28-22-15-10-9-14-20(22)16-23(28)26(31)33-17-19-12-7-6-8-13-19;18-16(19-11-12-6-2-1-3-7-12)15-10-13-8-4-5-9-14(13)17-15;1-4-6-9(11(14)15-5-2)7-8(3)10(12)13;1-6-2-4-7(5-3-6)11(8,9)10/h6-8,12-13,18,20-23,27H,4-5,9-11,14-17H2,1-3H3;1-3,6-7,13-15,17H,4-5,8-11H2;8-9H,4-7H2,1-3H3,(H,12,13);2-5H,1H3,(H,8,9,10)/t18-,20-,21-,22-,23-;13-,14-,15-;8-,9-;/m001./s1. The first-order chi connectivity index (χ1) is 37.3. The number of carbonyl (C=O) groups excluding carboxylic acids is 5. The summed E-state index contributed by atoms with van der Waals surface area (Å²) in [5, 5.41) is 14.2. The number of benzene rings is 3. The molecule has 4 N–H and O–H groups in total. The molecule has 0 unspecified atom stereocenters. The van der Waals surface area contributed by atoms with Crippen molar-refractivity contribution in [1.82, 2.24) is 10.2 Å². The molecular formula is C60H87N3O14S. The Balaban J connectivity index is 0.000000246. The van der Waals surface area contributed by atoms with Crippen LogP contribution in [0.1, 0.15) is 155 Å². The van der Waals surface area contributed by atoms with Gasteiger partial charge in [0.05, 0.1) is 42.0 Å². The van der Waals surface area contributed by atoms with Crippen molar-refractivity contribution >= 4 is 45.9 Å². The smallest absolute Gasteiger partial charge is 0.365 e. The van der Waals surface area contributed by atoms with E-state index in [9.17, 15) is 41.7 Å². The molecule has 432 valence electrons. The van der Waals surface area contributed by atoms with E-state index in [0.29, 0.717) is 57.5 Å². The van der Waals surface area contributed by atoms with Gasteiger partial charge in [-0.25, -0.2) is 18.0 Å². The molecular weight excluding hydrogens is 1020 g/mol. The number of amides is 1. The number of ether oxygens (including phenoxy) is 4. The first-order valence-corrected chi connectivity index (χ1v) is 29.6. The monoisotopic (exact) mass is 1110 g/mol. The molecule has 0 spiro atoms. The average Bonchev–Trinajstić information content (AvgIpc) is 4.06. The van der Waals surface area contributed by atoms with E-state index < -0.39 is 40.1 Å². The first-order valence-electron chi connectivity index (χ1n) is 28.2. The van der Waals surface area contributed by atoms with Crippen molar-refractivity contribution in [2.24, 2.45) is 23.7 Å². The van der Waals surface area contributed by atoms with E-state index in [4.69, 9.17) is 24.1 Å². The fourth-order valence-corrected chi connectivity index (χ4v) is 11.3. The molecule has 2 aliphatic carbocycles. The summed E-state index contributed by atoms with van der Waals surface area (Å²) in [5.74, 6) is -1.70. The minimum atomic E-state index is -4.27. The van der Waals surface area contributed by atoms with Gasteiger partial charge < -0.3 is 38.8 Å². The zero-order valence-electron chi connectivity index (χ0n) is 47.0. The van der Waals surface area contributed by atoms with Crippen LogP contribution >= 0.6 is 0 Å². The van der Waals surface area contributed by atoms with Crippen LogP contribution in [0, 0.1) is 30.6 Å². The van der Waals surface area contributed by atoms with Crippen LogP contribution in [0.5, 0.6) is 0 Å². The van der Waals surface area contributed by atoms with Gasteiger partial charge in [-0.1, -0.05) is 131 Å². The van der Waals surface area contributed by atoms with E-state index in [1.807, 2.05) is 81.4 Å². The van der Waals surface area contributed by atoms with Crippen LogP contribution in [0.3, 0.4) is 0 Å². The van der Waals surface area contributed by atoms with E-state index in [-0.39, 0.29) is 59.3 Å². The van der Waals surface area contributed by atoms with E-state index in [0.717, 1.165) is 67.6 Å². The van der Waals surface area contributed by atoms with Gasteiger partial charge in [-0.2, -0.15) is 0 Å². The number of rotatable bonds is 21. The molecule has 4 fully saturated rings. The molecule has 18 heteroatoms. The third-order valence-corrected chi connectivity index (χ3v) is 15.8. The van der Waals surface area contributed by atoms with Crippen LogP contribution in [-0.4, -0.2) is 108 Å². The minimum absolute atomic E-state index is 0.0294. The predicted octanol–water partition coefficient (Wildman–Crippen LogP) is 8.20. The molecule has 2 saturated heterocycles. The number of hydrogen-bond donors (Lipinski definition) is 3. The van der Waals surface area contributed by atoms with Crippen LogP contribution in [0.4, 0.5) is 0 Å². The fraction of sp³-hybridized carbons (Fsp3) is 0.600. The Morgan fingerprint density at radius 2 is 1.23 bits per heavy atom. The van der Waals surface area contributed by atoms with Crippen molar-refractivity contribution in [1.29, 1.82) is 0 Å². The Bertz CT molecular complexity index is 2410. The average molecular weight is 1110 g/mol. The molecule has 2 saturated carbocycles. The number of nitrogens with one attached hydrogen (secondary N) is 1. The summed E-state index contributed by atoms with van der Waals surface area (Å²) in [6.07, 6.45) is 14.3. The van der Waals surface area contributed by atoms with Gasteiger partial charge in [-0.15, -0.1) is 0 Å². The Labute approximate surface area is 463 Å². The van der Waals surface area contributed by atoms with Crippen molar-refractivity contribution in [3.8, 4) is 0 Å². The Kier molecular flexibility index (Phi) is 28.0. The number of aryl methyl sites for hydroxylation is 1. The van der Waals surface area contributed by atoms with Gasteiger partial charge in [-0.3, -0.25) is 24.5 Å². The number of nitrogens with two attached hydrogens (primary N) is 1. The molecule has 3 aromatic rings. The van der Waals surface area contributed by atoms with Crippen LogP contribution in [-0.2, 0) is 71.0 Å². The van der Waals surface area contributed by atoms with Crippen LogP contribution in [0.15, 0.2) is 89.8 Å². The molecule has 4 aliphatic rings. The number of hydrogen-bond acceptors (Lipinski definition) is 14. The number of carboxylic acids is 1. The predicted molar refractivity (Wildman–Crippen MR) is 293 cm³/mol. The van der Waals surface area contributed by atoms with Crippen molar-refractivity contribution in [3.63, 3.8) is 0 Å². The molecule has 78 heavy (non-hydrogen) atoms. The number of aliphatic carboxylic acids is 1. The van der Waals surface area contributed by atoms with Crippen molar-refractivity contribution < 1.29 is 71.1 Å². The molecule has 17 nitrogen and oxygen atoms in total. The van der Waals surface area contributed by atoms with Crippen LogP contribution in [0.25, 0.3) is 0 Å². The number of quaternary nitrogens is 1. The maximum absolute atomic E-state index is 13.6. The maximum atomic E-state index is 13.6. The van der Waals surface area contributed by atoms with E-state index >= 15 is 0 Å². The number of nitrogens with zero attached hydrogens (tertiary/aromatic N) is 1. The van der Waals surface area contributed by atoms with E-state index in [1.54, 1.807) is 44.7 Å².